The van der Waals surface area contributed by atoms with E-state index in [1.54, 1.807) is 0 Å². The van der Waals surface area contributed by atoms with Gasteiger partial charge >= 0.3 is 0 Å². The Kier molecular flexibility index (Phi) is 4.13. The normalized spacial score (nSPS) is 24.2. The summed E-state index contributed by atoms with van der Waals surface area (Å²) < 4.78 is 50.5. The first kappa shape index (κ1) is 15.3. The van der Waals surface area contributed by atoms with Crippen molar-refractivity contribution in [3.63, 3.8) is 0 Å². The number of likely N-dealkylation sites (tertiary alicyclic amines) is 1. The third-order valence-electron chi connectivity index (χ3n) is 3.74. The van der Waals surface area contributed by atoms with Crippen molar-refractivity contribution in [2.45, 2.75) is 17.4 Å². The van der Waals surface area contributed by atoms with E-state index < -0.39 is 26.4 Å². The Morgan fingerprint density at radius 1 is 1.35 bits per heavy atom. The molecule has 2 unspecified atom stereocenters. The maximum absolute atomic E-state index is 13.9. The van der Waals surface area contributed by atoms with Gasteiger partial charge in [0.25, 0.3) is 0 Å². The molecule has 0 amide bonds. The van der Waals surface area contributed by atoms with E-state index in [2.05, 4.69) is 0 Å². The quantitative estimate of drug-likeness (QED) is 0.915. The molecule has 2 rings (SSSR count). The summed E-state index contributed by atoms with van der Waals surface area (Å²) in [4.78, 5) is 1.11. The highest BCUT2D eigenvalue weighted by Crippen LogP contribution is 2.35. The van der Waals surface area contributed by atoms with Crippen LogP contribution >= 0.6 is 0 Å². The smallest absolute Gasteiger partial charge is 0.181 e. The van der Waals surface area contributed by atoms with Crippen molar-refractivity contribution in [3.8, 4) is 0 Å². The molecule has 0 aliphatic carbocycles. The molecule has 1 aromatic carbocycles. The van der Waals surface area contributed by atoms with E-state index in [9.17, 15) is 17.2 Å². The molecule has 0 spiro atoms. The topological polar surface area (TPSA) is 63.4 Å². The predicted molar refractivity (Wildman–Crippen MR) is 72.0 cm³/mol. The van der Waals surface area contributed by atoms with Crippen LogP contribution in [0.5, 0.6) is 0 Å². The molecule has 2 atom stereocenters. The van der Waals surface area contributed by atoms with Gasteiger partial charge in [-0.1, -0.05) is 0 Å². The Balaban J connectivity index is 2.41. The fourth-order valence-electron chi connectivity index (χ4n) is 2.79. The van der Waals surface area contributed by atoms with Gasteiger partial charge < -0.3 is 5.73 Å². The monoisotopic (exact) mass is 304 g/mol. The lowest BCUT2D eigenvalue weighted by Gasteiger charge is -2.20. The molecule has 1 fully saturated rings. The molecule has 2 N–H and O–H groups in total. The van der Waals surface area contributed by atoms with Crippen LogP contribution in [0.25, 0.3) is 0 Å². The van der Waals surface area contributed by atoms with Gasteiger partial charge in [0.15, 0.2) is 9.84 Å². The average molecular weight is 304 g/mol. The van der Waals surface area contributed by atoms with Crippen LogP contribution in [0.1, 0.15) is 18.0 Å². The molecule has 1 aliphatic rings. The molecule has 1 aliphatic heterocycles. The van der Waals surface area contributed by atoms with Crippen LogP contribution in [0.3, 0.4) is 0 Å². The number of halogens is 2. The molecule has 1 heterocycles. The maximum atomic E-state index is 13.9. The summed E-state index contributed by atoms with van der Waals surface area (Å²) in [6.45, 7) is 1.28. The molecule has 0 saturated carbocycles. The molecule has 0 radical (unpaired) electrons. The first-order valence-corrected chi connectivity index (χ1v) is 8.22. The van der Waals surface area contributed by atoms with Crippen LogP contribution < -0.4 is 5.73 Å². The summed E-state index contributed by atoms with van der Waals surface area (Å²) in [6.07, 6.45) is 1.50. The molecule has 20 heavy (non-hydrogen) atoms. The van der Waals surface area contributed by atoms with Crippen molar-refractivity contribution < 1.29 is 17.2 Å². The molecule has 4 nitrogen and oxygen atoms in total. The van der Waals surface area contributed by atoms with E-state index in [1.807, 2.05) is 11.9 Å². The van der Waals surface area contributed by atoms with E-state index in [1.165, 1.54) is 0 Å². The molecular formula is C13H18F2N2O2S. The first-order chi connectivity index (χ1) is 9.24. The highest BCUT2D eigenvalue weighted by Gasteiger charge is 2.31. The Morgan fingerprint density at radius 3 is 2.30 bits per heavy atom. The minimum absolute atomic E-state index is 0.138. The van der Waals surface area contributed by atoms with Crippen molar-refractivity contribution in [2.75, 3.05) is 26.4 Å². The Morgan fingerprint density at radius 2 is 1.90 bits per heavy atom. The lowest BCUT2D eigenvalue weighted by atomic mass is 10.00. The summed E-state index contributed by atoms with van der Waals surface area (Å²) in [7, 11) is -2.06. The van der Waals surface area contributed by atoms with Crippen molar-refractivity contribution in [1.82, 2.24) is 4.90 Å². The summed E-state index contributed by atoms with van der Waals surface area (Å²) >= 11 is 0. The van der Waals surface area contributed by atoms with Gasteiger partial charge in [0.2, 0.25) is 0 Å². The number of nitrogens with zero attached hydrogens (tertiary/aromatic N) is 1. The second kappa shape index (κ2) is 5.38. The van der Waals surface area contributed by atoms with Crippen LogP contribution in [-0.4, -0.2) is 39.7 Å². The minimum atomic E-state index is -3.92. The van der Waals surface area contributed by atoms with Crippen LogP contribution in [0, 0.1) is 17.6 Å². The molecule has 112 valence electrons. The van der Waals surface area contributed by atoms with Crippen LogP contribution in [0.2, 0.25) is 0 Å². The number of rotatable bonds is 3. The molecule has 0 aromatic heterocycles. The summed E-state index contributed by atoms with van der Waals surface area (Å²) in [6, 6.07) is 2.08. The van der Waals surface area contributed by atoms with E-state index >= 15 is 0 Å². The van der Waals surface area contributed by atoms with Gasteiger partial charge in [0, 0.05) is 18.8 Å². The van der Waals surface area contributed by atoms with Gasteiger partial charge in [-0.05, 0) is 43.6 Å². The fraction of sp³-hybridized carbons (Fsp3) is 0.538. The first-order valence-electron chi connectivity index (χ1n) is 6.33. The second-order valence-corrected chi connectivity index (χ2v) is 7.33. The number of hydrogen-bond donors (Lipinski definition) is 1. The van der Waals surface area contributed by atoms with E-state index in [0.29, 0.717) is 18.5 Å². The van der Waals surface area contributed by atoms with Crippen LogP contribution in [0.4, 0.5) is 8.78 Å². The van der Waals surface area contributed by atoms with Gasteiger partial charge in [-0.3, -0.25) is 4.90 Å². The largest absolute Gasteiger partial charge is 0.330 e. The van der Waals surface area contributed by atoms with Crippen molar-refractivity contribution in [3.05, 3.63) is 29.3 Å². The Bertz CT molecular complexity index is 596. The minimum Gasteiger partial charge on any atom is -0.330 e. The summed E-state index contributed by atoms with van der Waals surface area (Å²) in [5.41, 5.74) is 6.07. The molecule has 1 aromatic rings. The van der Waals surface area contributed by atoms with Crippen molar-refractivity contribution >= 4 is 9.84 Å². The third-order valence-corrected chi connectivity index (χ3v) is 4.88. The zero-order valence-corrected chi connectivity index (χ0v) is 12.3. The fourth-order valence-corrected chi connectivity index (χ4v) is 3.62. The highest BCUT2D eigenvalue weighted by atomic mass is 32.2. The van der Waals surface area contributed by atoms with Gasteiger partial charge in [-0.2, -0.15) is 0 Å². The molecular weight excluding hydrogens is 286 g/mol. The lowest BCUT2D eigenvalue weighted by molar-refractivity contribution is 0.311. The van der Waals surface area contributed by atoms with Gasteiger partial charge in [-0.15, -0.1) is 0 Å². The van der Waals surface area contributed by atoms with Crippen LogP contribution in [0.15, 0.2) is 17.0 Å². The zero-order chi connectivity index (χ0) is 15.1. The van der Waals surface area contributed by atoms with Crippen molar-refractivity contribution in [1.29, 1.82) is 0 Å². The summed E-state index contributed by atoms with van der Waals surface area (Å²) in [5.74, 6) is -1.79. The number of benzene rings is 1. The number of nitrogens with two attached hydrogens (primary N) is 1. The average Bonchev–Trinajstić information content (AvgIpc) is 2.67. The third kappa shape index (κ3) is 2.84. The molecule has 0 bridgehead atoms. The number of sulfone groups is 1. The maximum Gasteiger partial charge on any atom is 0.181 e. The van der Waals surface area contributed by atoms with E-state index in [-0.39, 0.29) is 12.0 Å². The summed E-state index contributed by atoms with van der Waals surface area (Å²) in [5, 5.41) is 0. The SMILES string of the molecule is CN1CC(CN)CC1c1cc(F)c(S(C)(=O)=O)c(F)c1. The van der Waals surface area contributed by atoms with Gasteiger partial charge in [-0.25, -0.2) is 17.2 Å². The Hall–Kier alpha value is -1.05. The van der Waals surface area contributed by atoms with E-state index in [4.69, 9.17) is 5.73 Å². The predicted octanol–water partition coefficient (Wildman–Crippen LogP) is 1.32. The second-order valence-electron chi connectivity index (χ2n) is 5.38. The molecule has 1 saturated heterocycles. The van der Waals surface area contributed by atoms with E-state index in [0.717, 1.165) is 24.9 Å². The highest BCUT2D eigenvalue weighted by molar-refractivity contribution is 7.90. The van der Waals surface area contributed by atoms with Crippen molar-refractivity contribution in [2.24, 2.45) is 11.7 Å². The van der Waals surface area contributed by atoms with Crippen LogP contribution in [-0.2, 0) is 9.84 Å². The standard InChI is InChI=1S/C13H18F2N2O2S/c1-17-7-8(6-16)3-12(17)9-4-10(14)13(11(15)5-9)20(2,18)19/h4-5,8,12H,3,6-7,16H2,1-2H3. The molecule has 7 heteroatoms. The van der Waals surface area contributed by atoms with Gasteiger partial charge in [0.05, 0.1) is 0 Å². The lowest BCUT2D eigenvalue weighted by Crippen LogP contribution is -2.21. The van der Waals surface area contributed by atoms with Gasteiger partial charge in [0.1, 0.15) is 16.5 Å². The number of hydrogen-bond acceptors (Lipinski definition) is 4. The Labute approximate surface area is 117 Å². The zero-order valence-electron chi connectivity index (χ0n) is 11.4.